The maximum Gasteiger partial charge on any atom is 0.220 e. The molecule has 0 aliphatic carbocycles. The Morgan fingerprint density at radius 2 is 2.38 bits per heavy atom. The van der Waals surface area contributed by atoms with Gasteiger partial charge in [-0.3, -0.25) is 4.79 Å². The Morgan fingerprint density at radius 1 is 1.69 bits per heavy atom. The van der Waals surface area contributed by atoms with Crippen LogP contribution in [0.4, 0.5) is 0 Å². The van der Waals surface area contributed by atoms with Crippen LogP contribution < -0.4 is 10.6 Å². The number of aliphatic hydroxyl groups is 1. The largest absolute Gasteiger partial charge is 0.391 e. The summed E-state index contributed by atoms with van der Waals surface area (Å²) >= 11 is 0. The Bertz CT molecular complexity index is 169. The highest BCUT2D eigenvalue weighted by molar-refractivity contribution is 5.76. The third-order valence-corrected chi connectivity index (χ3v) is 2.35. The van der Waals surface area contributed by atoms with Gasteiger partial charge in [0.05, 0.1) is 6.10 Å². The Balaban J connectivity index is 2.03. The van der Waals surface area contributed by atoms with E-state index in [9.17, 15) is 9.90 Å². The molecule has 1 amide bonds. The number of hydrogen-bond donors (Lipinski definition) is 3. The van der Waals surface area contributed by atoms with Crippen LogP contribution in [0.3, 0.4) is 0 Å². The molecule has 0 bridgehead atoms. The summed E-state index contributed by atoms with van der Waals surface area (Å²) in [5.41, 5.74) is 0. The van der Waals surface area contributed by atoms with Gasteiger partial charge in [0.2, 0.25) is 5.91 Å². The van der Waals surface area contributed by atoms with Gasteiger partial charge >= 0.3 is 0 Å². The molecule has 0 radical (unpaired) electrons. The van der Waals surface area contributed by atoms with E-state index in [1.54, 1.807) is 0 Å². The highest BCUT2D eigenvalue weighted by atomic mass is 16.3. The van der Waals surface area contributed by atoms with Crippen molar-refractivity contribution in [1.82, 2.24) is 10.6 Å². The fourth-order valence-corrected chi connectivity index (χ4v) is 1.20. The van der Waals surface area contributed by atoms with Crippen molar-refractivity contribution in [2.45, 2.75) is 25.9 Å². The van der Waals surface area contributed by atoms with Crippen molar-refractivity contribution in [3.05, 3.63) is 0 Å². The summed E-state index contributed by atoms with van der Waals surface area (Å²) in [7, 11) is 0. The first-order valence-electron chi connectivity index (χ1n) is 4.87. The molecule has 0 aromatic carbocycles. The second kappa shape index (κ2) is 5.19. The van der Waals surface area contributed by atoms with Crippen molar-refractivity contribution < 1.29 is 9.90 Å². The van der Waals surface area contributed by atoms with Gasteiger partial charge in [0, 0.05) is 13.0 Å². The molecule has 1 unspecified atom stereocenters. The number of aliphatic hydroxyl groups excluding tert-OH is 1. The average molecular weight is 186 g/mol. The summed E-state index contributed by atoms with van der Waals surface area (Å²) in [5.74, 6) is 0.553. The fraction of sp³-hybridized carbons (Fsp3) is 0.889. The molecule has 3 N–H and O–H groups in total. The van der Waals surface area contributed by atoms with E-state index in [0.29, 0.717) is 25.3 Å². The van der Waals surface area contributed by atoms with E-state index >= 15 is 0 Å². The van der Waals surface area contributed by atoms with E-state index < -0.39 is 6.10 Å². The second-order valence-electron chi connectivity index (χ2n) is 3.59. The smallest absolute Gasteiger partial charge is 0.220 e. The lowest BCUT2D eigenvalue weighted by atomic mass is 9.99. The van der Waals surface area contributed by atoms with Crippen LogP contribution in [-0.4, -0.2) is 36.8 Å². The van der Waals surface area contributed by atoms with E-state index in [-0.39, 0.29) is 5.91 Å². The SMILES string of the molecule is CCC(O)CNC(=O)CC1CNC1. The Morgan fingerprint density at radius 3 is 2.85 bits per heavy atom. The lowest BCUT2D eigenvalue weighted by Gasteiger charge is -2.26. The van der Waals surface area contributed by atoms with Crippen LogP contribution in [0.1, 0.15) is 19.8 Å². The molecule has 76 valence electrons. The molecule has 4 heteroatoms. The number of nitrogens with one attached hydrogen (secondary N) is 2. The van der Waals surface area contributed by atoms with Gasteiger partial charge in [0.15, 0.2) is 0 Å². The highest BCUT2D eigenvalue weighted by Crippen LogP contribution is 2.07. The van der Waals surface area contributed by atoms with Gasteiger partial charge in [0.1, 0.15) is 0 Å². The van der Waals surface area contributed by atoms with E-state index in [1.807, 2.05) is 6.92 Å². The van der Waals surface area contributed by atoms with E-state index in [2.05, 4.69) is 10.6 Å². The maximum absolute atomic E-state index is 11.2. The van der Waals surface area contributed by atoms with Crippen molar-refractivity contribution >= 4 is 5.91 Å². The van der Waals surface area contributed by atoms with Crippen molar-refractivity contribution in [3.63, 3.8) is 0 Å². The molecule has 0 aromatic heterocycles. The normalized spacial score (nSPS) is 19.2. The molecular formula is C9H18N2O2. The minimum atomic E-state index is -0.400. The van der Waals surface area contributed by atoms with E-state index in [1.165, 1.54) is 0 Å². The predicted molar refractivity (Wildman–Crippen MR) is 50.3 cm³/mol. The zero-order valence-corrected chi connectivity index (χ0v) is 8.05. The number of rotatable bonds is 5. The van der Waals surface area contributed by atoms with Crippen molar-refractivity contribution in [2.24, 2.45) is 5.92 Å². The first-order valence-corrected chi connectivity index (χ1v) is 4.87. The van der Waals surface area contributed by atoms with Gasteiger partial charge in [-0.2, -0.15) is 0 Å². The van der Waals surface area contributed by atoms with Gasteiger partial charge in [-0.15, -0.1) is 0 Å². The first-order chi connectivity index (χ1) is 6.22. The van der Waals surface area contributed by atoms with Crippen molar-refractivity contribution in [1.29, 1.82) is 0 Å². The minimum absolute atomic E-state index is 0.0546. The number of amides is 1. The summed E-state index contributed by atoms with van der Waals surface area (Å²) in [6, 6.07) is 0. The molecular weight excluding hydrogens is 168 g/mol. The second-order valence-corrected chi connectivity index (χ2v) is 3.59. The zero-order valence-electron chi connectivity index (χ0n) is 8.05. The lowest BCUT2D eigenvalue weighted by molar-refractivity contribution is -0.122. The molecule has 13 heavy (non-hydrogen) atoms. The molecule has 1 saturated heterocycles. The zero-order chi connectivity index (χ0) is 9.68. The van der Waals surface area contributed by atoms with Gasteiger partial charge < -0.3 is 15.7 Å². The third-order valence-electron chi connectivity index (χ3n) is 2.35. The molecule has 0 saturated carbocycles. The van der Waals surface area contributed by atoms with Crippen LogP contribution in [0.15, 0.2) is 0 Å². The summed E-state index contributed by atoms with van der Waals surface area (Å²) in [6.07, 6.45) is 0.873. The molecule has 4 nitrogen and oxygen atoms in total. The quantitative estimate of drug-likeness (QED) is 0.541. The Labute approximate surface area is 78.7 Å². The summed E-state index contributed by atoms with van der Waals surface area (Å²) in [6.45, 7) is 4.18. The molecule has 1 aliphatic heterocycles. The van der Waals surface area contributed by atoms with Gasteiger partial charge in [-0.1, -0.05) is 6.92 Å². The predicted octanol–water partition coefficient (Wildman–Crippen LogP) is -0.517. The number of hydrogen-bond acceptors (Lipinski definition) is 3. The standard InChI is InChI=1S/C9H18N2O2/c1-2-8(12)6-11-9(13)3-7-4-10-5-7/h7-8,10,12H,2-6H2,1H3,(H,11,13). The van der Waals surface area contributed by atoms with E-state index in [0.717, 1.165) is 13.1 Å². The molecule has 0 spiro atoms. The highest BCUT2D eigenvalue weighted by Gasteiger charge is 2.19. The van der Waals surface area contributed by atoms with Crippen LogP contribution in [-0.2, 0) is 4.79 Å². The van der Waals surface area contributed by atoms with Crippen molar-refractivity contribution in [3.8, 4) is 0 Å². The summed E-state index contributed by atoms with van der Waals surface area (Å²) in [4.78, 5) is 11.2. The van der Waals surface area contributed by atoms with Gasteiger partial charge in [-0.05, 0) is 25.4 Å². The van der Waals surface area contributed by atoms with Crippen molar-refractivity contribution in [2.75, 3.05) is 19.6 Å². The average Bonchev–Trinajstić information content (AvgIpc) is 2.07. The molecule has 1 rings (SSSR count). The topological polar surface area (TPSA) is 61.4 Å². The molecule has 1 heterocycles. The van der Waals surface area contributed by atoms with Gasteiger partial charge in [-0.25, -0.2) is 0 Å². The number of carbonyl (C=O) groups excluding carboxylic acids is 1. The van der Waals surface area contributed by atoms with Crippen LogP contribution >= 0.6 is 0 Å². The fourth-order valence-electron chi connectivity index (χ4n) is 1.20. The van der Waals surface area contributed by atoms with Crippen LogP contribution in [0.25, 0.3) is 0 Å². The molecule has 1 aliphatic rings. The Hall–Kier alpha value is -0.610. The van der Waals surface area contributed by atoms with E-state index in [4.69, 9.17) is 0 Å². The van der Waals surface area contributed by atoms with Crippen LogP contribution in [0, 0.1) is 5.92 Å². The van der Waals surface area contributed by atoms with Crippen LogP contribution in [0.2, 0.25) is 0 Å². The third kappa shape index (κ3) is 3.74. The summed E-state index contributed by atoms with van der Waals surface area (Å²) < 4.78 is 0. The number of carbonyl (C=O) groups is 1. The first kappa shape index (κ1) is 10.5. The van der Waals surface area contributed by atoms with Crippen LogP contribution in [0.5, 0.6) is 0 Å². The summed E-state index contributed by atoms with van der Waals surface area (Å²) in [5, 5.41) is 15.0. The molecule has 0 aromatic rings. The maximum atomic E-state index is 11.2. The Kier molecular flexibility index (Phi) is 4.18. The monoisotopic (exact) mass is 186 g/mol. The van der Waals surface area contributed by atoms with Gasteiger partial charge in [0.25, 0.3) is 0 Å². The molecule has 1 fully saturated rings. The lowest BCUT2D eigenvalue weighted by Crippen LogP contribution is -2.45. The minimum Gasteiger partial charge on any atom is -0.391 e. The molecule has 1 atom stereocenters.